The fourth-order valence-corrected chi connectivity index (χ4v) is 4.56. The maximum atomic E-state index is 12.8. The number of amides is 1. The summed E-state index contributed by atoms with van der Waals surface area (Å²) in [6.45, 7) is 1.04. The summed E-state index contributed by atoms with van der Waals surface area (Å²) in [5, 5.41) is 0. The van der Waals surface area contributed by atoms with Crippen molar-refractivity contribution in [1.82, 2.24) is 9.80 Å². The first-order valence-corrected chi connectivity index (χ1v) is 9.34. The molecule has 2 saturated heterocycles. The molecule has 2 aromatic rings. The molecule has 2 aliphatic rings. The molecule has 0 aliphatic carbocycles. The molecule has 2 bridgehead atoms. The standard InChI is InChI=1S/C22H26N2O/c1-23(22(25)18-10-6-3-7-11-18)21-14-19-12-13-20(15-21)24(19)16-17-8-4-2-5-9-17/h2-11,19-21H,12-16H2,1H3/t19-,20+,21?. The molecule has 2 heterocycles. The van der Waals surface area contributed by atoms with Gasteiger partial charge in [0, 0.05) is 37.3 Å². The topological polar surface area (TPSA) is 23.6 Å². The highest BCUT2D eigenvalue weighted by molar-refractivity contribution is 5.94. The van der Waals surface area contributed by atoms with Gasteiger partial charge in [-0.1, -0.05) is 48.5 Å². The van der Waals surface area contributed by atoms with Crippen LogP contribution in [0.3, 0.4) is 0 Å². The SMILES string of the molecule is CN(C(=O)c1ccccc1)C1C[C@H]2CC[C@@H](C1)N2Cc1ccccc1. The normalized spacial score (nSPS) is 25.7. The predicted molar refractivity (Wildman–Crippen MR) is 100 cm³/mol. The van der Waals surface area contributed by atoms with Crippen molar-refractivity contribution in [1.29, 1.82) is 0 Å². The monoisotopic (exact) mass is 334 g/mol. The smallest absolute Gasteiger partial charge is 0.253 e. The molecule has 0 saturated carbocycles. The summed E-state index contributed by atoms with van der Waals surface area (Å²) in [4.78, 5) is 17.4. The van der Waals surface area contributed by atoms with Crippen molar-refractivity contribution < 1.29 is 4.79 Å². The molecule has 3 heteroatoms. The lowest BCUT2D eigenvalue weighted by atomic mass is 9.95. The van der Waals surface area contributed by atoms with Crippen molar-refractivity contribution in [3.63, 3.8) is 0 Å². The summed E-state index contributed by atoms with van der Waals surface area (Å²) in [5.41, 5.74) is 2.19. The van der Waals surface area contributed by atoms with Gasteiger partial charge in [-0.05, 0) is 43.4 Å². The zero-order chi connectivity index (χ0) is 17.2. The number of benzene rings is 2. The lowest BCUT2D eigenvalue weighted by Gasteiger charge is -2.42. The Labute approximate surface area is 150 Å². The quantitative estimate of drug-likeness (QED) is 0.845. The largest absolute Gasteiger partial charge is 0.339 e. The van der Waals surface area contributed by atoms with Gasteiger partial charge in [-0.2, -0.15) is 0 Å². The molecule has 0 spiro atoms. The molecule has 3 nitrogen and oxygen atoms in total. The van der Waals surface area contributed by atoms with Gasteiger partial charge in [-0.3, -0.25) is 9.69 Å². The zero-order valence-corrected chi connectivity index (χ0v) is 14.8. The van der Waals surface area contributed by atoms with E-state index < -0.39 is 0 Å². The van der Waals surface area contributed by atoms with Gasteiger partial charge in [0.25, 0.3) is 5.91 Å². The lowest BCUT2D eigenvalue weighted by Crippen LogP contribution is -2.50. The van der Waals surface area contributed by atoms with E-state index in [1.165, 1.54) is 18.4 Å². The van der Waals surface area contributed by atoms with Crippen LogP contribution in [-0.4, -0.2) is 40.9 Å². The van der Waals surface area contributed by atoms with E-state index in [1.54, 1.807) is 0 Å². The Morgan fingerprint density at radius 1 is 0.960 bits per heavy atom. The van der Waals surface area contributed by atoms with Crippen LogP contribution in [0.15, 0.2) is 60.7 Å². The molecule has 2 fully saturated rings. The Morgan fingerprint density at radius 2 is 1.52 bits per heavy atom. The van der Waals surface area contributed by atoms with E-state index in [2.05, 4.69) is 35.2 Å². The zero-order valence-electron chi connectivity index (χ0n) is 14.8. The maximum Gasteiger partial charge on any atom is 0.253 e. The van der Waals surface area contributed by atoms with Crippen molar-refractivity contribution >= 4 is 5.91 Å². The van der Waals surface area contributed by atoms with Crippen LogP contribution in [0.5, 0.6) is 0 Å². The molecule has 1 amide bonds. The van der Waals surface area contributed by atoms with Crippen molar-refractivity contribution in [2.24, 2.45) is 0 Å². The number of carbonyl (C=O) groups is 1. The molecule has 0 N–H and O–H groups in total. The Morgan fingerprint density at radius 3 is 2.12 bits per heavy atom. The van der Waals surface area contributed by atoms with Crippen LogP contribution in [-0.2, 0) is 6.54 Å². The minimum absolute atomic E-state index is 0.154. The summed E-state index contributed by atoms with van der Waals surface area (Å²) in [6.07, 6.45) is 4.72. The molecule has 0 aromatic heterocycles. The highest BCUT2D eigenvalue weighted by Crippen LogP contribution is 2.38. The van der Waals surface area contributed by atoms with Crippen LogP contribution in [0.25, 0.3) is 0 Å². The first-order valence-electron chi connectivity index (χ1n) is 9.34. The summed E-state index contributed by atoms with van der Waals surface area (Å²) < 4.78 is 0. The van der Waals surface area contributed by atoms with Crippen LogP contribution in [0.4, 0.5) is 0 Å². The van der Waals surface area contributed by atoms with Crippen molar-refractivity contribution in [3.8, 4) is 0 Å². The van der Waals surface area contributed by atoms with Gasteiger partial charge < -0.3 is 4.90 Å². The number of hydrogen-bond acceptors (Lipinski definition) is 2. The van der Waals surface area contributed by atoms with Gasteiger partial charge >= 0.3 is 0 Å². The van der Waals surface area contributed by atoms with Gasteiger partial charge in [0.1, 0.15) is 0 Å². The summed E-state index contributed by atoms with van der Waals surface area (Å²) in [6, 6.07) is 22.0. The van der Waals surface area contributed by atoms with Crippen LogP contribution in [0.1, 0.15) is 41.6 Å². The second kappa shape index (κ2) is 7.01. The maximum absolute atomic E-state index is 12.8. The average Bonchev–Trinajstić information content (AvgIpc) is 2.90. The highest BCUT2D eigenvalue weighted by atomic mass is 16.2. The summed E-state index contributed by atoms with van der Waals surface area (Å²) in [5.74, 6) is 0.154. The number of fused-ring (bicyclic) bond motifs is 2. The van der Waals surface area contributed by atoms with Crippen molar-refractivity contribution in [2.75, 3.05) is 7.05 Å². The van der Waals surface area contributed by atoms with Crippen molar-refractivity contribution in [2.45, 2.75) is 50.4 Å². The number of rotatable bonds is 4. The molecule has 2 aliphatic heterocycles. The minimum Gasteiger partial charge on any atom is -0.339 e. The fraction of sp³-hybridized carbons (Fsp3) is 0.409. The van der Waals surface area contributed by atoms with E-state index in [0.717, 1.165) is 24.9 Å². The second-order valence-electron chi connectivity index (χ2n) is 7.45. The van der Waals surface area contributed by atoms with E-state index in [4.69, 9.17) is 0 Å². The van der Waals surface area contributed by atoms with Gasteiger partial charge in [0.2, 0.25) is 0 Å². The first kappa shape index (κ1) is 16.3. The van der Waals surface area contributed by atoms with E-state index in [1.807, 2.05) is 42.3 Å². The van der Waals surface area contributed by atoms with Gasteiger partial charge in [-0.25, -0.2) is 0 Å². The van der Waals surface area contributed by atoms with Crippen LogP contribution in [0, 0.1) is 0 Å². The molecule has 0 radical (unpaired) electrons. The number of nitrogens with zero attached hydrogens (tertiary/aromatic N) is 2. The average molecular weight is 334 g/mol. The number of carbonyl (C=O) groups excluding carboxylic acids is 1. The van der Waals surface area contributed by atoms with E-state index >= 15 is 0 Å². The van der Waals surface area contributed by atoms with Gasteiger partial charge in [-0.15, -0.1) is 0 Å². The third-order valence-corrected chi connectivity index (χ3v) is 5.96. The van der Waals surface area contributed by atoms with Crippen molar-refractivity contribution in [3.05, 3.63) is 71.8 Å². The first-order chi connectivity index (χ1) is 12.2. The predicted octanol–water partition coefficient (Wildman–Crippen LogP) is 3.95. The Hall–Kier alpha value is -2.13. The summed E-state index contributed by atoms with van der Waals surface area (Å²) >= 11 is 0. The van der Waals surface area contributed by atoms with Crippen LogP contribution < -0.4 is 0 Å². The van der Waals surface area contributed by atoms with E-state index in [9.17, 15) is 4.79 Å². The third-order valence-electron chi connectivity index (χ3n) is 5.96. The molecular formula is C22H26N2O. The summed E-state index contributed by atoms with van der Waals surface area (Å²) in [7, 11) is 1.98. The lowest BCUT2D eigenvalue weighted by molar-refractivity contribution is 0.0477. The second-order valence-corrected chi connectivity index (χ2v) is 7.45. The van der Waals surface area contributed by atoms with Crippen LogP contribution in [0.2, 0.25) is 0 Å². The van der Waals surface area contributed by atoms with Gasteiger partial charge in [0.15, 0.2) is 0 Å². The highest BCUT2D eigenvalue weighted by Gasteiger charge is 2.42. The molecule has 4 rings (SSSR count). The van der Waals surface area contributed by atoms with Crippen LogP contribution >= 0.6 is 0 Å². The molecular weight excluding hydrogens is 308 g/mol. The fourth-order valence-electron chi connectivity index (χ4n) is 4.56. The molecule has 130 valence electrons. The Balaban J connectivity index is 1.43. The minimum atomic E-state index is 0.154. The van der Waals surface area contributed by atoms with E-state index in [-0.39, 0.29) is 5.91 Å². The molecule has 25 heavy (non-hydrogen) atoms. The van der Waals surface area contributed by atoms with E-state index in [0.29, 0.717) is 18.1 Å². The third kappa shape index (κ3) is 3.34. The molecule has 3 atom stereocenters. The molecule has 2 aromatic carbocycles. The number of piperidine rings is 1. The Bertz CT molecular complexity index is 701. The van der Waals surface area contributed by atoms with Gasteiger partial charge in [0.05, 0.1) is 0 Å². The number of hydrogen-bond donors (Lipinski definition) is 0. The Kier molecular flexibility index (Phi) is 4.58. The molecule has 1 unspecified atom stereocenters.